The van der Waals surface area contributed by atoms with Crippen molar-refractivity contribution in [1.82, 2.24) is 19.1 Å². The summed E-state index contributed by atoms with van der Waals surface area (Å²) in [5.74, 6) is -1.01. The maximum absolute atomic E-state index is 13.5. The van der Waals surface area contributed by atoms with Gasteiger partial charge in [-0.3, -0.25) is 19.1 Å². The molecule has 0 radical (unpaired) electrons. The van der Waals surface area contributed by atoms with Gasteiger partial charge in [0.2, 0.25) is 5.43 Å². The molecule has 0 saturated carbocycles. The molecule has 11 heteroatoms. The van der Waals surface area contributed by atoms with Gasteiger partial charge in [0, 0.05) is 18.8 Å². The number of anilines is 1. The van der Waals surface area contributed by atoms with E-state index >= 15 is 0 Å². The lowest BCUT2D eigenvalue weighted by Crippen LogP contribution is -2.29. The first-order chi connectivity index (χ1) is 16.5. The molecule has 0 spiro atoms. The minimum absolute atomic E-state index is 0.0784. The van der Waals surface area contributed by atoms with E-state index in [2.05, 4.69) is 10.4 Å². The lowest BCUT2D eigenvalue weighted by atomic mass is 10.1. The van der Waals surface area contributed by atoms with Crippen LogP contribution in [0.4, 0.5) is 18.9 Å². The number of nitrogens with zero attached hydrogens (tertiary/aromatic N) is 4. The van der Waals surface area contributed by atoms with E-state index in [1.54, 1.807) is 44.3 Å². The maximum Gasteiger partial charge on any atom is 0.418 e. The monoisotopic (exact) mass is 483 g/mol. The molecule has 2 aromatic carbocycles. The second kappa shape index (κ2) is 8.75. The number of para-hydroxylation sites is 2. The molecule has 1 N–H and O–H groups in total. The highest BCUT2D eigenvalue weighted by molar-refractivity contribution is 6.03. The number of carbonyl (C=O) groups is 1. The van der Waals surface area contributed by atoms with Gasteiger partial charge in [0.05, 0.1) is 22.6 Å². The fourth-order valence-corrected chi connectivity index (χ4v) is 3.73. The molecule has 0 bridgehead atoms. The Hall–Kier alpha value is -4.41. The average Bonchev–Trinajstić information content (AvgIpc) is 3.02. The highest BCUT2D eigenvalue weighted by atomic mass is 19.4. The Balaban J connectivity index is 1.78. The number of aromatic nitrogens is 4. The van der Waals surface area contributed by atoms with Crippen LogP contribution in [0.25, 0.3) is 11.4 Å². The first-order valence-corrected chi connectivity index (χ1v) is 10.4. The van der Waals surface area contributed by atoms with E-state index in [-0.39, 0.29) is 17.1 Å². The van der Waals surface area contributed by atoms with E-state index in [1.807, 2.05) is 0 Å². The fourth-order valence-electron chi connectivity index (χ4n) is 3.73. The molecule has 1 amide bonds. The summed E-state index contributed by atoms with van der Waals surface area (Å²) >= 11 is 0. The number of rotatable bonds is 4. The van der Waals surface area contributed by atoms with Gasteiger partial charge in [0.25, 0.3) is 11.5 Å². The van der Waals surface area contributed by atoms with Crippen molar-refractivity contribution in [1.29, 1.82) is 0 Å². The quantitative estimate of drug-likeness (QED) is 0.480. The SMILES string of the molecule is Cc1cc(=O)c(C(=O)Nc2c(C)n(C)n(-c3ccccc3)c2=O)nn1-c1ccccc1C(F)(F)F. The molecule has 35 heavy (non-hydrogen) atoms. The lowest BCUT2D eigenvalue weighted by molar-refractivity contribution is -0.137. The first kappa shape index (κ1) is 23.7. The second-order valence-electron chi connectivity index (χ2n) is 7.82. The van der Waals surface area contributed by atoms with Crippen LogP contribution < -0.4 is 16.3 Å². The fraction of sp³-hybridized carbons (Fsp3) is 0.167. The summed E-state index contributed by atoms with van der Waals surface area (Å²) in [6, 6.07) is 14.4. The lowest BCUT2D eigenvalue weighted by Gasteiger charge is -2.16. The van der Waals surface area contributed by atoms with Crippen LogP contribution in [0, 0.1) is 13.8 Å². The van der Waals surface area contributed by atoms with E-state index in [4.69, 9.17) is 0 Å². The van der Waals surface area contributed by atoms with E-state index in [9.17, 15) is 27.6 Å². The number of hydrogen-bond donors (Lipinski definition) is 1. The molecule has 0 unspecified atom stereocenters. The minimum atomic E-state index is -4.68. The predicted molar refractivity (Wildman–Crippen MR) is 123 cm³/mol. The van der Waals surface area contributed by atoms with E-state index in [0.717, 1.165) is 16.8 Å². The standard InChI is InChI=1S/C24H20F3N5O3/c1-14-13-19(33)21(29-31(14)18-12-8-7-11-17(18)24(25,26)27)22(34)28-20-15(2)30(3)32(23(20)35)16-9-5-4-6-10-16/h4-13H,1-3H3,(H,28,34). The predicted octanol–water partition coefficient (Wildman–Crippen LogP) is 3.61. The van der Waals surface area contributed by atoms with Gasteiger partial charge in [-0.05, 0) is 38.1 Å². The average molecular weight is 483 g/mol. The van der Waals surface area contributed by atoms with Crippen molar-refractivity contribution in [3.05, 3.63) is 104 Å². The summed E-state index contributed by atoms with van der Waals surface area (Å²) in [5, 5.41) is 6.35. The van der Waals surface area contributed by atoms with Crippen LogP contribution in [-0.2, 0) is 13.2 Å². The number of hydrogen-bond acceptors (Lipinski definition) is 4. The summed E-state index contributed by atoms with van der Waals surface area (Å²) in [7, 11) is 1.63. The zero-order valence-electron chi connectivity index (χ0n) is 18.9. The number of halogens is 3. The number of amides is 1. The summed E-state index contributed by atoms with van der Waals surface area (Å²) in [6.45, 7) is 3.01. The molecular weight excluding hydrogens is 463 g/mol. The summed E-state index contributed by atoms with van der Waals surface area (Å²) in [6.07, 6.45) is -4.68. The largest absolute Gasteiger partial charge is 0.418 e. The molecule has 4 rings (SSSR count). The van der Waals surface area contributed by atoms with Crippen LogP contribution in [-0.4, -0.2) is 25.1 Å². The number of aryl methyl sites for hydroxylation is 1. The van der Waals surface area contributed by atoms with Crippen molar-refractivity contribution in [2.75, 3.05) is 5.32 Å². The Morgan fingerprint density at radius 3 is 2.26 bits per heavy atom. The van der Waals surface area contributed by atoms with Gasteiger partial charge < -0.3 is 5.32 Å². The molecule has 4 aromatic rings. The van der Waals surface area contributed by atoms with Gasteiger partial charge in [0.15, 0.2) is 5.69 Å². The van der Waals surface area contributed by atoms with Gasteiger partial charge in [-0.2, -0.15) is 18.3 Å². The molecule has 0 aliphatic heterocycles. The van der Waals surface area contributed by atoms with E-state index in [1.165, 1.54) is 34.5 Å². The molecule has 2 aromatic heterocycles. The third kappa shape index (κ3) is 4.27. The Kier molecular flexibility index (Phi) is 5.93. The Bertz CT molecular complexity index is 1550. The third-order valence-electron chi connectivity index (χ3n) is 5.55. The van der Waals surface area contributed by atoms with Crippen molar-refractivity contribution in [3.8, 4) is 11.4 Å². The van der Waals surface area contributed by atoms with E-state index in [0.29, 0.717) is 11.4 Å². The summed E-state index contributed by atoms with van der Waals surface area (Å²) in [5.41, 5.74) is -2.32. The van der Waals surface area contributed by atoms with Crippen molar-refractivity contribution in [3.63, 3.8) is 0 Å². The number of alkyl halides is 3. The highest BCUT2D eigenvalue weighted by Crippen LogP contribution is 2.33. The van der Waals surface area contributed by atoms with Crippen molar-refractivity contribution in [2.24, 2.45) is 7.05 Å². The normalized spacial score (nSPS) is 11.5. The van der Waals surface area contributed by atoms with E-state index < -0.39 is 34.3 Å². The molecule has 0 fully saturated rings. The molecule has 2 heterocycles. The Labute approximate surface area is 196 Å². The summed E-state index contributed by atoms with van der Waals surface area (Å²) < 4.78 is 44.4. The third-order valence-corrected chi connectivity index (χ3v) is 5.55. The minimum Gasteiger partial charge on any atom is -0.314 e. The Morgan fingerprint density at radius 2 is 1.60 bits per heavy atom. The zero-order valence-corrected chi connectivity index (χ0v) is 18.9. The molecule has 0 aliphatic rings. The smallest absolute Gasteiger partial charge is 0.314 e. The topological polar surface area (TPSA) is 90.9 Å². The molecule has 180 valence electrons. The van der Waals surface area contributed by atoms with Gasteiger partial charge in [0.1, 0.15) is 5.69 Å². The molecule has 0 aliphatic carbocycles. The highest BCUT2D eigenvalue weighted by Gasteiger charge is 2.34. The van der Waals surface area contributed by atoms with Crippen LogP contribution in [0.5, 0.6) is 0 Å². The van der Waals surface area contributed by atoms with Crippen LogP contribution in [0.15, 0.2) is 70.3 Å². The van der Waals surface area contributed by atoms with Gasteiger partial charge >= 0.3 is 6.18 Å². The van der Waals surface area contributed by atoms with Crippen LogP contribution >= 0.6 is 0 Å². The molecule has 8 nitrogen and oxygen atoms in total. The molecular formula is C24H20F3N5O3. The van der Waals surface area contributed by atoms with Crippen LogP contribution in [0.3, 0.4) is 0 Å². The number of benzene rings is 2. The molecule has 0 atom stereocenters. The zero-order chi connectivity index (χ0) is 25.5. The van der Waals surface area contributed by atoms with Gasteiger partial charge in [-0.15, -0.1) is 0 Å². The summed E-state index contributed by atoms with van der Waals surface area (Å²) in [4.78, 5) is 38.6. The van der Waals surface area contributed by atoms with Gasteiger partial charge in [-0.25, -0.2) is 9.36 Å². The first-order valence-electron chi connectivity index (χ1n) is 10.4. The molecule has 0 saturated heterocycles. The maximum atomic E-state index is 13.5. The van der Waals surface area contributed by atoms with Crippen LogP contribution in [0.2, 0.25) is 0 Å². The van der Waals surface area contributed by atoms with Crippen molar-refractivity contribution < 1.29 is 18.0 Å². The Morgan fingerprint density at radius 1 is 0.971 bits per heavy atom. The second-order valence-corrected chi connectivity index (χ2v) is 7.82. The number of nitrogens with one attached hydrogen (secondary N) is 1. The number of carbonyl (C=O) groups excluding carboxylic acids is 1. The van der Waals surface area contributed by atoms with Gasteiger partial charge in [-0.1, -0.05) is 30.3 Å². The van der Waals surface area contributed by atoms with Crippen LogP contribution in [0.1, 0.15) is 27.4 Å². The van der Waals surface area contributed by atoms with Crippen molar-refractivity contribution in [2.45, 2.75) is 20.0 Å². The van der Waals surface area contributed by atoms with Crippen molar-refractivity contribution >= 4 is 11.6 Å².